The van der Waals surface area contributed by atoms with Gasteiger partial charge in [-0.15, -0.1) is 0 Å². The number of para-hydroxylation sites is 2. The van der Waals surface area contributed by atoms with E-state index >= 15 is 0 Å². The summed E-state index contributed by atoms with van der Waals surface area (Å²) >= 11 is 0. The molecule has 1 N–H and O–H groups in total. The molecule has 4 aromatic rings. The summed E-state index contributed by atoms with van der Waals surface area (Å²) in [5.74, 6) is -0.0957. The van der Waals surface area contributed by atoms with Gasteiger partial charge in [-0.1, -0.05) is 12.1 Å². The first-order chi connectivity index (χ1) is 17.6. The minimum atomic E-state index is -0.0957. The maximum absolute atomic E-state index is 13.4. The van der Waals surface area contributed by atoms with Crippen molar-refractivity contribution in [2.75, 3.05) is 42.9 Å². The van der Waals surface area contributed by atoms with Crippen molar-refractivity contribution >= 4 is 17.3 Å². The maximum Gasteiger partial charge on any atom is 0.257 e. The number of carbonyl (C=O) groups excluding carboxylic acids is 1. The zero-order valence-electron chi connectivity index (χ0n) is 20.9. The highest BCUT2D eigenvalue weighted by Gasteiger charge is 2.22. The number of amides is 1. The van der Waals surface area contributed by atoms with Crippen molar-refractivity contribution in [2.45, 2.75) is 20.3 Å². The molecular weight excluding hydrogens is 448 g/mol. The van der Waals surface area contributed by atoms with E-state index in [4.69, 9.17) is 0 Å². The molecule has 1 fully saturated rings. The average Bonchev–Trinajstić information content (AvgIpc) is 3.23. The smallest absolute Gasteiger partial charge is 0.257 e. The highest BCUT2D eigenvalue weighted by Crippen LogP contribution is 2.28. The van der Waals surface area contributed by atoms with Crippen molar-refractivity contribution in [3.05, 3.63) is 102 Å². The first kappa shape index (κ1) is 23.8. The fourth-order valence-corrected chi connectivity index (χ4v) is 4.97. The van der Waals surface area contributed by atoms with Gasteiger partial charge in [-0.3, -0.25) is 19.7 Å². The van der Waals surface area contributed by atoms with Crippen LogP contribution in [0.2, 0.25) is 0 Å². The van der Waals surface area contributed by atoms with E-state index in [1.807, 2.05) is 68.8 Å². The molecule has 0 unspecified atom stereocenters. The summed E-state index contributed by atoms with van der Waals surface area (Å²) in [4.78, 5) is 26.6. The molecule has 0 aliphatic carbocycles. The number of rotatable bonds is 7. The number of anilines is 2. The molecule has 184 valence electrons. The Bertz CT molecular complexity index is 1310. The number of hydrogen-bond acceptors (Lipinski definition) is 5. The van der Waals surface area contributed by atoms with Crippen LogP contribution in [0.5, 0.6) is 0 Å². The second-order valence-corrected chi connectivity index (χ2v) is 9.24. The number of aromatic nitrogens is 3. The quantitative estimate of drug-likeness (QED) is 0.422. The Labute approximate surface area is 212 Å². The van der Waals surface area contributed by atoms with E-state index in [-0.39, 0.29) is 5.91 Å². The Kier molecular flexibility index (Phi) is 7.09. The lowest BCUT2D eigenvalue weighted by Gasteiger charge is -2.37. The van der Waals surface area contributed by atoms with Crippen molar-refractivity contribution < 1.29 is 4.79 Å². The molecule has 0 saturated carbocycles. The zero-order valence-corrected chi connectivity index (χ0v) is 20.9. The molecule has 5 rings (SSSR count). The number of pyridine rings is 2. The minimum Gasteiger partial charge on any atom is -0.367 e. The van der Waals surface area contributed by atoms with Crippen molar-refractivity contribution in [1.82, 2.24) is 19.4 Å². The predicted octanol–water partition coefficient (Wildman–Crippen LogP) is 4.50. The first-order valence-electron chi connectivity index (χ1n) is 12.5. The van der Waals surface area contributed by atoms with Crippen LogP contribution in [0.15, 0.2) is 79.4 Å². The van der Waals surface area contributed by atoms with Gasteiger partial charge in [0.2, 0.25) is 0 Å². The number of nitrogens with zero attached hydrogens (tertiary/aromatic N) is 5. The Morgan fingerprint density at radius 2 is 1.69 bits per heavy atom. The van der Waals surface area contributed by atoms with Crippen molar-refractivity contribution in [3.8, 4) is 5.69 Å². The predicted molar refractivity (Wildman–Crippen MR) is 144 cm³/mol. The third-order valence-electron chi connectivity index (χ3n) is 6.91. The van der Waals surface area contributed by atoms with Gasteiger partial charge in [0.25, 0.3) is 5.91 Å². The lowest BCUT2D eigenvalue weighted by atomic mass is 10.1. The molecule has 36 heavy (non-hydrogen) atoms. The van der Waals surface area contributed by atoms with E-state index in [1.54, 1.807) is 6.20 Å². The summed E-state index contributed by atoms with van der Waals surface area (Å²) in [6, 6.07) is 18.1. The molecule has 1 aromatic carbocycles. The Morgan fingerprint density at radius 1 is 0.917 bits per heavy atom. The molecule has 0 atom stereocenters. The number of nitrogens with one attached hydrogen (secondary N) is 1. The second-order valence-electron chi connectivity index (χ2n) is 9.24. The first-order valence-corrected chi connectivity index (χ1v) is 12.5. The monoisotopic (exact) mass is 480 g/mol. The SMILES string of the molecule is Cc1cc(C(=O)Nc2ccccc2N2CCN(CCc3ccncc3)CC2)c(C)n1-c1cccnc1. The summed E-state index contributed by atoms with van der Waals surface area (Å²) in [7, 11) is 0. The summed E-state index contributed by atoms with van der Waals surface area (Å²) in [6.07, 6.45) is 8.31. The van der Waals surface area contributed by atoms with Gasteiger partial charge in [-0.25, -0.2) is 0 Å². The number of hydrogen-bond donors (Lipinski definition) is 1. The van der Waals surface area contributed by atoms with Gasteiger partial charge in [0, 0.05) is 62.7 Å². The highest BCUT2D eigenvalue weighted by atomic mass is 16.1. The van der Waals surface area contributed by atoms with E-state index in [0.717, 1.165) is 67.6 Å². The van der Waals surface area contributed by atoms with E-state index in [0.29, 0.717) is 5.56 Å². The third kappa shape index (κ3) is 5.16. The fourth-order valence-electron chi connectivity index (χ4n) is 4.97. The minimum absolute atomic E-state index is 0.0957. The van der Waals surface area contributed by atoms with Crippen LogP contribution in [-0.4, -0.2) is 58.1 Å². The fraction of sp³-hybridized carbons (Fsp3) is 0.276. The van der Waals surface area contributed by atoms with Crippen LogP contribution in [0.3, 0.4) is 0 Å². The van der Waals surface area contributed by atoms with Gasteiger partial charge in [-0.05, 0) is 68.3 Å². The summed E-state index contributed by atoms with van der Waals surface area (Å²) < 4.78 is 2.07. The lowest BCUT2D eigenvalue weighted by molar-refractivity contribution is 0.102. The summed E-state index contributed by atoms with van der Waals surface area (Å²) in [6.45, 7) is 8.89. The van der Waals surface area contributed by atoms with Crippen LogP contribution >= 0.6 is 0 Å². The number of benzene rings is 1. The number of carbonyl (C=O) groups is 1. The highest BCUT2D eigenvalue weighted by molar-refractivity contribution is 6.07. The number of piperazine rings is 1. The number of aryl methyl sites for hydroxylation is 1. The van der Waals surface area contributed by atoms with Gasteiger partial charge in [-0.2, -0.15) is 0 Å². The van der Waals surface area contributed by atoms with Crippen LogP contribution < -0.4 is 10.2 Å². The van der Waals surface area contributed by atoms with Crippen molar-refractivity contribution in [2.24, 2.45) is 0 Å². The van der Waals surface area contributed by atoms with Gasteiger partial charge >= 0.3 is 0 Å². The van der Waals surface area contributed by atoms with Gasteiger partial charge in [0.15, 0.2) is 0 Å². The van der Waals surface area contributed by atoms with Crippen LogP contribution in [0, 0.1) is 13.8 Å². The molecule has 0 spiro atoms. The molecule has 1 aliphatic heterocycles. The molecule has 3 aromatic heterocycles. The van der Waals surface area contributed by atoms with Crippen LogP contribution in [0.4, 0.5) is 11.4 Å². The Balaban J connectivity index is 1.25. The van der Waals surface area contributed by atoms with Gasteiger partial charge < -0.3 is 14.8 Å². The molecule has 0 radical (unpaired) electrons. The molecule has 1 amide bonds. The summed E-state index contributed by atoms with van der Waals surface area (Å²) in [5.41, 5.74) is 6.77. The van der Waals surface area contributed by atoms with Crippen LogP contribution in [0.1, 0.15) is 27.3 Å². The Morgan fingerprint density at radius 3 is 2.44 bits per heavy atom. The molecule has 1 aliphatic rings. The van der Waals surface area contributed by atoms with Crippen LogP contribution in [0.25, 0.3) is 5.69 Å². The summed E-state index contributed by atoms with van der Waals surface area (Å²) in [5, 5.41) is 3.19. The molecule has 0 bridgehead atoms. The molecule has 1 saturated heterocycles. The Hall–Kier alpha value is -3.97. The van der Waals surface area contributed by atoms with E-state index in [9.17, 15) is 4.79 Å². The van der Waals surface area contributed by atoms with E-state index in [2.05, 4.69) is 47.9 Å². The normalized spacial score (nSPS) is 14.1. The molecule has 4 heterocycles. The van der Waals surface area contributed by atoms with Gasteiger partial charge in [0.1, 0.15) is 0 Å². The van der Waals surface area contributed by atoms with E-state index < -0.39 is 0 Å². The standard InChI is InChI=1S/C29H32N6O/c1-22-20-26(23(2)35(22)25-6-5-12-31-21-25)29(36)32-27-7-3-4-8-28(27)34-18-16-33(17-19-34)15-11-24-9-13-30-14-10-24/h3-10,12-14,20-21H,11,15-19H2,1-2H3,(H,32,36). The van der Waals surface area contributed by atoms with Crippen molar-refractivity contribution in [1.29, 1.82) is 0 Å². The van der Waals surface area contributed by atoms with Gasteiger partial charge in [0.05, 0.1) is 28.8 Å². The molecular formula is C29H32N6O. The maximum atomic E-state index is 13.4. The van der Waals surface area contributed by atoms with E-state index in [1.165, 1.54) is 5.56 Å². The molecule has 7 nitrogen and oxygen atoms in total. The largest absolute Gasteiger partial charge is 0.367 e. The average molecular weight is 481 g/mol. The zero-order chi connectivity index (χ0) is 24.9. The third-order valence-corrected chi connectivity index (χ3v) is 6.91. The van der Waals surface area contributed by atoms with Crippen molar-refractivity contribution in [3.63, 3.8) is 0 Å². The topological polar surface area (TPSA) is 66.3 Å². The van der Waals surface area contributed by atoms with Crippen LogP contribution in [-0.2, 0) is 6.42 Å². The molecule has 7 heteroatoms. The second kappa shape index (κ2) is 10.7. The lowest BCUT2D eigenvalue weighted by Crippen LogP contribution is -2.47.